The minimum absolute atomic E-state index is 0.215. The SMILES string of the molecule is C=CC(=O)OCC(C)CNCC(C)COC(=O)C=C.O=P(O)(O)O. The molecule has 10 heteroatoms. The molecule has 4 N–H and O–H groups in total. The van der Waals surface area contributed by atoms with Crippen LogP contribution in [0.2, 0.25) is 0 Å². The van der Waals surface area contributed by atoms with Crippen LogP contribution in [0.4, 0.5) is 0 Å². The van der Waals surface area contributed by atoms with E-state index in [2.05, 4.69) is 18.5 Å². The maximum Gasteiger partial charge on any atom is 0.466 e. The molecule has 0 aromatic rings. The van der Waals surface area contributed by atoms with E-state index >= 15 is 0 Å². The van der Waals surface area contributed by atoms with Crippen molar-refractivity contribution in [1.82, 2.24) is 5.32 Å². The van der Waals surface area contributed by atoms with Crippen molar-refractivity contribution >= 4 is 19.8 Å². The topological polar surface area (TPSA) is 142 Å². The van der Waals surface area contributed by atoms with Crippen molar-refractivity contribution in [3.05, 3.63) is 25.3 Å². The van der Waals surface area contributed by atoms with Crippen LogP contribution in [-0.4, -0.2) is 52.9 Å². The Hall–Kier alpha value is -1.51. The van der Waals surface area contributed by atoms with Crippen LogP contribution >= 0.6 is 7.82 Å². The lowest BCUT2D eigenvalue weighted by Crippen LogP contribution is -2.30. The van der Waals surface area contributed by atoms with Crippen molar-refractivity contribution < 1.29 is 38.3 Å². The lowest BCUT2D eigenvalue weighted by molar-refractivity contribution is -0.139. The fourth-order valence-corrected chi connectivity index (χ4v) is 1.26. The van der Waals surface area contributed by atoms with Crippen molar-refractivity contribution in [2.45, 2.75) is 13.8 Å². The fraction of sp³-hybridized carbons (Fsp3) is 0.571. The first-order valence-electron chi connectivity index (χ1n) is 7.07. The van der Waals surface area contributed by atoms with Gasteiger partial charge in [-0.3, -0.25) is 0 Å². The van der Waals surface area contributed by atoms with Crippen LogP contribution in [0.25, 0.3) is 0 Å². The molecule has 0 aromatic heterocycles. The Morgan fingerprint density at radius 2 is 1.29 bits per heavy atom. The molecule has 0 heterocycles. The van der Waals surface area contributed by atoms with E-state index in [1.54, 1.807) is 0 Å². The summed E-state index contributed by atoms with van der Waals surface area (Å²) in [6.07, 6.45) is 2.30. The lowest BCUT2D eigenvalue weighted by Gasteiger charge is -2.15. The minimum atomic E-state index is -4.64. The largest absolute Gasteiger partial charge is 0.466 e. The molecule has 0 saturated heterocycles. The molecule has 0 fully saturated rings. The van der Waals surface area contributed by atoms with Gasteiger partial charge in [-0.15, -0.1) is 0 Å². The molecule has 0 amide bonds. The molecule has 0 spiro atoms. The van der Waals surface area contributed by atoms with E-state index in [9.17, 15) is 9.59 Å². The Kier molecular flexibility index (Phi) is 14.3. The highest BCUT2D eigenvalue weighted by molar-refractivity contribution is 7.45. The Balaban J connectivity index is 0. The minimum Gasteiger partial charge on any atom is -0.462 e. The lowest BCUT2D eigenvalue weighted by atomic mass is 10.1. The molecule has 24 heavy (non-hydrogen) atoms. The second-order valence-corrected chi connectivity index (χ2v) is 6.08. The zero-order valence-electron chi connectivity index (χ0n) is 13.9. The molecule has 0 aliphatic heterocycles. The van der Waals surface area contributed by atoms with Crippen LogP contribution in [0, 0.1) is 11.8 Å². The van der Waals surface area contributed by atoms with Gasteiger partial charge in [-0.2, -0.15) is 0 Å². The Morgan fingerprint density at radius 1 is 1.00 bits per heavy atom. The van der Waals surface area contributed by atoms with Crippen LogP contribution in [0.15, 0.2) is 25.3 Å². The van der Waals surface area contributed by atoms with Crippen LogP contribution < -0.4 is 5.32 Å². The third-order valence-electron chi connectivity index (χ3n) is 2.34. The van der Waals surface area contributed by atoms with Gasteiger partial charge in [0, 0.05) is 37.1 Å². The summed E-state index contributed by atoms with van der Waals surface area (Å²) in [6.45, 7) is 12.8. The van der Waals surface area contributed by atoms with E-state index in [4.69, 9.17) is 28.7 Å². The third kappa shape index (κ3) is 22.8. The van der Waals surface area contributed by atoms with Crippen molar-refractivity contribution in [2.75, 3.05) is 26.3 Å². The molecule has 0 aliphatic rings. The average Bonchev–Trinajstić information content (AvgIpc) is 2.48. The van der Waals surface area contributed by atoms with Crippen molar-refractivity contribution in [2.24, 2.45) is 11.8 Å². The molecule has 9 nitrogen and oxygen atoms in total. The quantitative estimate of drug-likeness (QED) is 0.245. The summed E-state index contributed by atoms with van der Waals surface area (Å²) in [6, 6.07) is 0. The second-order valence-electron chi connectivity index (χ2n) is 5.05. The zero-order chi connectivity index (χ0) is 19.2. The number of carbonyl (C=O) groups excluding carboxylic acids is 2. The number of phosphoric acid groups is 1. The van der Waals surface area contributed by atoms with Gasteiger partial charge in [0.15, 0.2) is 0 Å². The van der Waals surface area contributed by atoms with E-state index in [0.29, 0.717) is 13.2 Å². The van der Waals surface area contributed by atoms with Gasteiger partial charge in [0.1, 0.15) is 0 Å². The predicted molar refractivity (Wildman–Crippen MR) is 87.8 cm³/mol. The zero-order valence-corrected chi connectivity index (χ0v) is 14.8. The van der Waals surface area contributed by atoms with Crippen LogP contribution in [0.3, 0.4) is 0 Å². The summed E-state index contributed by atoms with van der Waals surface area (Å²) in [5.74, 6) is -0.383. The van der Waals surface area contributed by atoms with Gasteiger partial charge in [0.25, 0.3) is 0 Å². The molecule has 0 aromatic carbocycles. The Labute approximate surface area is 141 Å². The maximum absolute atomic E-state index is 10.9. The number of ether oxygens (including phenoxy) is 2. The van der Waals surface area contributed by atoms with Gasteiger partial charge < -0.3 is 29.5 Å². The monoisotopic (exact) mass is 367 g/mol. The maximum atomic E-state index is 10.9. The van der Waals surface area contributed by atoms with Gasteiger partial charge in [0.05, 0.1) is 13.2 Å². The summed E-state index contributed by atoms with van der Waals surface area (Å²) in [7, 11) is -4.64. The van der Waals surface area contributed by atoms with E-state index in [1.807, 2.05) is 13.8 Å². The number of rotatable bonds is 10. The summed E-state index contributed by atoms with van der Waals surface area (Å²) >= 11 is 0. The number of hydrogen-bond donors (Lipinski definition) is 4. The molecule has 2 atom stereocenters. The normalized spacial score (nSPS) is 12.9. The fourth-order valence-electron chi connectivity index (χ4n) is 1.26. The van der Waals surface area contributed by atoms with Crippen LogP contribution in [-0.2, 0) is 23.6 Å². The summed E-state index contributed by atoms with van der Waals surface area (Å²) in [5.41, 5.74) is 0. The molecule has 2 unspecified atom stereocenters. The molecule has 0 rings (SSSR count). The predicted octanol–water partition coefficient (Wildman–Crippen LogP) is 0.378. The van der Waals surface area contributed by atoms with Gasteiger partial charge in [-0.25, -0.2) is 14.2 Å². The summed E-state index contributed by atoms with van der Waals surface area (Å²) < 4.78 is 18.7. The smallest absolute Gasteiger partial charge is 0.462 e. The summed E-state index contributed by atoms with van der Waals surface area (Å²) in [4.78, 5) is 43.3. The third-order valence-corrected chi connectivity index (χ3v) is 2.34. The molecular weight excluding hydrogens is 341 g/mol. The molecule has 140 valence electrons. The average molecular weight is 367 g/mol. The van der Waals surface area contributed by atoms with E-state index in [0.717, 1.165) is 25.2 Å². The van der Waals surface area contributed by atoms with Gasteiger partial charge in [-0.05, 0) is 0 Å². The number of carbonyl (C=O) groups is 2. The molecule has 0 saturated carbocycles. The van der Waals surface area contributed by atoms with Crippen LogP contribution in [0.1, 0.15) is 13.8 Å². The van der Waals surface area contributed by atoms with Crippen LogP contribution in [0.5, 0.6) is 0 Å². The first kappa shape index (κ1) is 24.7. The summed E-state index contributed by atoms with van der Waals surface area (Å²) in [5, 5.41) is 3.23. The standard InChI is InChI=1S/C14H23NO4.H3O4P/c1-5-13(16)18-9-11(3)7-15-8-12(4)10-19-14(17)6-2;1-5(2,3)4/h5-6,11-12,15H,1-2,7-10H2,3-4H3;(H3,1,2,3,4). The van der Waals surface area contributed by atoms with Gasteiger partial charge in [0.2, 0.25) is 0 Å². The Bertz CT molecular complexity index is 410. The molecule has 0 aliphatic carbocycles. The van der Waals surface area contributed by atoms with E-state index in [1.165, 1.54) is 0 Å². The van der Waals surface area contributed by atoms with E-state index < -0.39 is 19.8 Å². The molecule has 0 bridgehead atoms. The first-order valence-corrected chi connectivity index (χ1v) is 8.63. The van der Waals surface area contributed by atoms with Crippen molar-refractivity contribution in [3.63, 3.8) is 0 Å². The Morgan fingerprint density at radius 3 is 1.54 bits per heavy atom. The molecular formula is C14H26NO8P. The highest BCUT2D eigenvalue weighted by Gasteiger charge is 2.08. The van der Waals surface area contributed by atoms with Crippen molar-refractivity contribution in [1.29, 1.82) is 0 Å². The highest BCUT2D eigenvalue weighted by Crippen LogP contribution is 2.25. The van der Waals surface area contributed by atoms with Gasteiger partial charge >= 0.3 is 19.8 Å². The molecule has 0 radical (unpaired) electrons. The number of esters is 2. The number of hydrogen-bond acceptors (Lipinski definition) is 6. The first-order chi connectivity index (χ1) is 11.0. The van der Waals surface area contributed by atoms with Crippen molar-refractivity contribution in [3.8, 4) is 0 Å². The second kappa shape index (κ2) is 13.9. The van der Waals surface area contributed by atoms with E-state index in [-0.39, 0.29) is 11.8 Å². The van der Waals surface area contributed by atoms with Gasteiger partial charge in [-0.1, -0.05) is 27.0 Å². The highest BCUT2D eigenvalue weighted by atomic mass is 31.2. The number of nitrogens with one attached hydrogen (secondary N) is 1.